The Hall–Kier alpha value is -2.70. The largest absolute Gasteiger partial charge is 0.460 e. The average molecular weight is 398 g/mol. The van der Waals surface area contributed by atoms with Crippen molar-refractivity contribution in [1.82, 2.24) is 25.5 Å². The van der Waals surface area contributed by atoms with Crippen molar-refractivity contribution in [1.29, 1.82) is 5.26 Å². The molecule has 9 heteroatoms. The molecule has 0 aliphatic carbocycles. The van der Waals surface area contributed by atoms with E-state index in [1.54, 1.807) is 11.3 Å². The molecule has 2 unspecified atom stereocenters. The van der Waals surface area contributed by atoms with Gasteiger partial charge in [-0.25, -0.2) is 0 Å². The Morgan fingerprint density at radius 1 is 1.43 bits per heavy atom. The van der Waals surface area contributed by atoms with Crippen molar-refractivity contribution in [2.75, 3.05) is 11.9 Å². The number of hydrogen-bond acceptors (Lipinski definition) is 8. The molecule has 0 bridgehead atoms. The highest BCUT2D eigenvalue weighted by Gasteiger charge is 2.24. The highest BCUT2D eigenvalue weighted by atomic mass is 32.1. The minimum Gasteiger partial charge on any atom is -0.460 e. The van der Waals surface area contributed by atoms with Crippen LogP contribution in [0.1, 0.15) is 37.8 Å². The molecule has 0 aromatic carbocycles. The van der Waals surface area contributed by atoms with Crippen LogP contribution in [0.3, 0.4) is 0 Å². The predicted octanol–water partition coefficient (Wildman–Crippen LogP) is 3.66. The van der Waals surface area contributed by atoms with Gasteiger partial charge in [0.05, 0.1) is 11.5 Å². The van der Waals surface area contributed by atoms with E-state index in [2.05, 4.69) is 36.9 Å². The summed E-state index contributed by atoms with van der Waals surface area (Å²) >= 11 is 1.57. The molecule has 4 heterocycles. The summed E-state index contributed by atoms with van der Waals surface area (Å²) in [5.41, 5.74) is 0.978. The second kappa shape index (κ2) is 8.54. The molecular formula is C19H23N7OS. The summed E-state index contributed by atoms with van der Waals surface area (Å²) in [4.78, 5) is 10.1. The third kappa shape index (κ3) is 4.40. The number of ether oxygens (including phenoxy) is 1. The van der Waals surface area contributed by atoms with Gasteiger partial charge in [0.15, 0.2) is 5.82 Å². The van der Waals surface area contributed by atoms with Crippen LogP contribution in [0.5, 0.6) is 6.01 Å². The number of nitrogens with zero attached hydrogens (tertiary/aromatic N) is 4. The minimum atomic E-state index is 0.0752. The van der Waals surface area contributed by atoms with Crippen LogP contribution in [0.25, 0.3) is 10.2 Å². The van der Waals surface area contributed by atoms with Crippen molar-refractivity contribution < 1.29 is 4.74 Å². The third-order valence-electron chi connectivity index (χ3n) is 4.82. The average Bonchev–Trinajstić information content (AvgIpc) is 3.31. The summed E-state index contributed by atoms with van der Waals surface area (Å²) in [6.45, 7) is 2.86. The molecule has 1 aliphatic heterocycles. The molecule has 1 fully saturated rings. The van der Waals surface area contributed by atoms with E-state index in [0.29, 0.717) is 30.1 Å². The number of unbranched alkanes of at least 4 members (excludes halogenated alkanes) is 1. The molecular weight excluding hydrogens is 374 g/mol. The summed E-state index contributed by atoms with van der Waals surface area (Å²) in [5.74, 6) is 1.42. The van der Waals surface area contributed by atoms with Gasteiger partial charge in [-0.05, 0) is 50.6 Å². The Kier molecular flexibility index (Phi) is 5.69. The number of hydrogen-bond donors (Lipinski definition) is 3. The van der Waals surface area contributed by atoms with Crippen molar-refractivity contribution in [3.05, 3.63) is 23.2 Å². The number of anilines is 2. The highest BCUT2D eigenvalue weighted by Crippen LogP contribution is 2.30. The van der Waals surface area contributed by atoms with Gasteiger partial charge in [0, 0.05) is 24.2 Å². The molecule has 8 nitrogen and oxygen atoms in total. The van der Waals surface area contributed by atoms with Crippen LogP contribution < -0.4 is 15.4 Å². The van der Waals surface area contributed by atoms with Crippen LogP contribution in [0.4, 0.5) is 11.6 Å². The van der Waals surface area contributed by atoms with Gasteiger partial charge in [0.25, 0.3) is 0 Å². The molecule has 1 saturated heterocycles. The molecule has 0 saturated carbocycles. The number of nitrogens with one attached hydrogen (secondary N) is 3. The molecule has 3 aromatic rings. The fourth-order valence-corrected chi connectivity index (χ4v) is 4.21. The van der Waals surface area contributed by atoms with Gasteiger partial charge in [0.1, 0.15) is 16.8 Å². The molecule has 0 amide bonds. The van der Waals surface area contributed by atoms with E-state index in [1.807, 2.05) is 24.4 Å². The number of thiophene rings is 1. The first-order valence-corrected chi connectivity index (χ1v) is 10.4. The Morgan fingerprint density at radius 3 is 3.18 bits per heavy atom. The van der Waals surface area contributed by atoms with E-state index in [-0.39, 0.29) is 6.10 Å². The summed E-state index contributed by atoms with van der Waals surface area (Å²) in [7, 11) is 0. The number of piperidine rings is 1. The zero-order valence-electron chi connectivity index (χ0n) is 15.7. The van der Waals surface area contributed by atoms with E-state index in [1.165, 1.54) is 0 Å². The normalized spacial score (nSPS) is 19.4. The molecule has 0 spiro atoms. The molecule has 3 N–H and O–H groups in total. The Bertz CT molecular complexity index is 976. The zero-order chi connectivity index (χ0) is 19.3. The summed E-state index contributed by atoms with van der Waals surface area (Å²) in [6.07, 6.45) is 4.40. The van der Waals surface area contributed by atoms with Crippen molar-refractivity contribution in [2.45, 2.75) is 51.2 Å². The Labute approximate surface area is 167 Å². The van der Waals surface area contributed by atoms with Crippen LogP contribution in [0.2, 0.25) is 0 Å². The second-order valence-electron chi connectivity index (χ2n) is 7.02. The highest BCUT2D eigenvalue weighted by molar-refractivity contribution is 7.16. The van der Waals surface area contributed by atoms with Gasteiger partial charge in [0.2, 0.25) is 0 Å². The molecule has 146 valence electrons. The quantitative estimate of drug-likeness (QED) is 0.522. The number of H-pyrrole nitrogens is 1. The van der Waals surface area contributed by atoms with Gasteiger partial charge in [-0.1, -0.05) is 0 Å². The van der Waals surface area contributed by atoms with Crippen molar-refractivity contribution in [3.63, 3.8) is 0 Å². The lowest BCUT2D eigenvalue weighted by Crippen LogP contribution is -2.42. The maximum absolute atomic E-state index is 8.72. The van der Waals surface area contributed by atoms with Crippen LogP contribution in [-0.2, 0) is 0 Å². The first kappa shape index (κ1) is 18.7. The SMILES string of the molecule is Cc1cc(Nc2nc(OC3CCNC(CCCC#N)C3)nc3sccc23)n[nH]1. The number of aromatic nitrogens is 4. The first-order valence-electron chi connectivity index (χ1n) is 9.52. The van der Waals surface area contributed by atoms with Gasteiger partial charge >= 0.3 is 6.01 Å². The Morgan fingerprint density at radius 2 is 2.36 bits per heavy atom. The predicted molar refractivity (Wildman–Crippen MR) is 109 cm³/mol. The number of rotatable bonds is 7. The fraction of sp³-hybridized carbons (Fsp3) is 0.474. The van der Waals surface area contributed by atoms with Gasteiger partial charge in [-0.2, -0.15) is 20.3 Å². The van der Waals surface area contributed by atoms with Gasteiger partial charge in [-0.15, -0.1) is 11.3 Å². The molecule has 0 radical (unpaired) electrons. The summed E-state index contributed by atoms with van der Waals surface area (Å²) < 4.78 is 6.16. The molecule has 3 aromatic heterocycles. The first-order chi connectivity index (χ1) is 13.7. The Balaban J connectivity index is 1.48. The third-order valence-corrected chi connectivity index (χ3v) is 5.62. The smallest absolute Gasteiger partial charge is 0.320 e. The summed E-state index contributed by atoms with van der Waals surface area (Å²) in [5, 5.41) is 25.6. The standard InChI is InChI=1S/C19H23N7OS/c1-12-10-16(26-25-12)22-17-15-6-9-28-18(15)24-19(23-17)27-14-5-8-21-13(11-14)4-2-3-7-20/h6,9-10,13-14,21H,2-5,8,11H2,1H3,(H2,22,23,24,25,26). The van der Waals surface area contributed by atoms with Gasteiger partial charge in [-0.3, -0.25) is 5.10 Å². The van der Waals surface area contributed by atoms with Crippen LogP contribution in [0, 0.1) is 18.3 Å². The minimum absolute atomic E-state index is 0.0752. The molecule has 1 aliphatic rings. The van der Waals surface area contributed by atoms with Crippen LogP contribution in [0.15, 0.2) is 17.5 Å². The second-order valence-corrected chi connectivity index (χ2v) is 7.92. The van der Waals surface area contributed by atoms with E-state index in [0.717, 1.165) is 48.1 Å². The lowest BCUT2D eigenvalue weighted by Gasteiger charge is -2.30. The maximum atomic E-state index is 8.72. The van der Waals surface area contributed by atoms with E-state index >= 15 is 0 Å². The van der Waals surface area contributed by atoms with Gasteiger partial charge < -0.3 is 15.4 Å². The monoisotopic (exact) mass is 397 g/mol. The lowest BCUT2D eigenvalue weighted by molar-refractivity contribution is 0.126. The molecule has 4 rings (SSSR count). The number of nitriles is 1. The maximum Gasteiger partial charge on any atom is 0.320 e. The van der Waals surface area contributed by atoms with Crippen molar-refractivity contribution in [3.8, 4) is 12.1 Å². The van der Waals surface area contributed by atoms with Crippen LogP contribution >= 0.6 is 11.3 Å². The van der Waals surface area contributed by atoms with E-state index < -0.39 is 0 Å². The summed E-state index contributed by atoms with van der Waals surface area (Å²) in [6, 6.07) is 6.91. The number of aromatic amines is 1. The van der Waals surface area contributed by atoms with Crippen molar-refractivity contribution >= 4 is 33.2 Å². The van der Waals surface area contributed by atoms with Crippen molar-refractivity contribution in [2.24, 2.45) is 0 Å². The lowest BCUT2D eigenvalue weighted by atomic mass is 9.97. The topological polar surface area (TPSA) is 112 Å². The van der Waals surface area contributed by atoms with E-state index in [9.17, 15) is 0 Å². The fourth-order valence-electron chi connectivity index (χ4n) is 3.46. The number of fused-ring (bicyclic) bond motifs is 1. The zero-order valence-corrected chi connectivity index (χ0v) is 16.6. The van der Waals surface area contributed by atoms with E-state index in [4.69, 9.17) is 10.00 Å². The molecule has 28 heavy (non-hydrogen) atoms. The number of aryl methyl sites for hydroxylation is 1. The molecule has 2 atom stereocenters. The van der Waals surface area contributed by atoms with Crippen LogP contribution in [-0.4, -0.2) is 38.9 Å².